The second-order valence-electron chi connectivity index (χ2n) is 3.91. The van der Waals surface area contributed by atoms with E-state index < -0.39 is 17.6 Å². The molecule has 0 radical (unpaired) electrons. The molecule has 0 unspecified atom stereocenters. The van der Waals surface area contributed by atoms with E-state index in [9.17, 15) is 19.1 Å². The van der Waals surface area contributed by atoms with Crippen LogP contribution in [0.1, 0.15) is 20.8 Å². The molecule has 6 nitrogen and oxygen atoms in total. The number of aromatic nitrogens is 1. The van der Waals surface area contributed by atoms with Gasteiger partial charge in [-0.3, -0.25) is 14.6 Å². The number of aromatic hydroxyl groups is 1. The minimum atomic E-state index is -0.660. The lowest BCUT2D eigenvalue weighted by Gasteiger charge is -2.07. The van der Waals surface area contributed by atoms with Gasteiger partial charge in [0.2, 0.25) is 5.91 Å². The molecule has 2 rings (SSSR count). The van der Waals surface area contributed by atoms with Crippen LogP contribution in [0.25, 0.3) is 0 Å². The number of pyridine rings is 1. The van der Waals surface area contributed by atoms with Crippen LogP contribution in [0.15, 0.2) is 36.5 Å². The summed E-state index contributed by atoms with van der Waals surface area (Å²) in [4.78, 5) is 26.5. The number of hydrogen-bond acceptors (Lipinski definition) is 4. The number of rotatable bonds is 3. The number of nitrogens with zero attached hydrogens (tertiary/aromatic N) is 1. The van der Waals surface area contributed by atoms with E-state index in [0.29, 0.717) is 0 Å². The van der Waals surface area contributed by atoms with E-state index >= 15 is 0 Å². The summed E-state index contributed by atoms with van der Waals surface area (Å²) in [5.41, 5.74) is 5.13. The van der Waals surface area contributed by atoms with Crippen LogP contribution >= 0.6 is 0 Å². The first kappa shape index (κ1) is 13.5. The number of carbonyl (C=O) groups excluding carboxylic acids is 2. The maximum absolute atomic E-state index is 13.0. The van der Waals surface area contributed by atoms with Gasteiger partial charge in [-0.15, -0.1) is 0 Å². The fraction of sp³-hybridized carbons (Fsp3) is 0. The number of halogens is 1. The van der Waals surface area contributed by atoms with Gasteiger partial charge in [0.15, 0.2) is 0 Å². The van der Waals surface area contributed by atoms with Gasteiger partial charge in [0.1, 0.15) is 17.3 Å². The molecule has 0 saturated carbocycles. The second-order valence-corrected chi connectivity index (χ2v) is 3.91. The minimum absolute atomic E-state index is 0.00124. The zero-order chi connectivity index (χ0) is 14.7. The molecule has 1 aromatic carbocycles. The number of phenolic OH excluding ortho intramolecular Hbond substituents is 1. The largest absolute Gasteiger partial charge is 0.506 e. The summed E-state index contributed by atoms with van der Waals surface area (Å²) in [5, 5.41) is 11.8. The van der Waals surface area contributed by atoms with Gasteiger partial charge >= 0.3 is 0 Å². The molecule has 7 heteroatoms. The lowest BCUT2D eigenvalue weighted by Crippen LogP contribution is -2.16. The first-order chi connectivity index (χ1) is 9.47. The summed E-state index contributed by atoms with van der Waals surface area (Å²) < 4.78 is 13.0. The summed E-state index contributed by atoms with van der Waals surface area (Å²) in [6.45, 7) is 0. The molecule has 20 heavy (non-hydrogen) atoms. The fourth-order valence-corrected chi connectivity index (χ4v) is 1.47. The molecule has 0 aliphatic heterocycles. The van der Waals surface area contributed by atoms with E-state index in [0.717, 1.165) is 24.4 Å². The van der Waals surface area contributed by atoms with E-state index in [4.69, 9.17) is 5.73 Å². The highest BCUT2D eigenvalue weighted by atomic mass is 19.1. The van der Waals surface area contributed by atoms with Crippen molar-refractivity contribution in [2.24, 2.45) is 5.73 Å². The summed E-state index contributed by atoms with van der Waals surface area (Å²) >= 11 is 0. The number of amides is 2. The number of carbonyl (C=O) groups is 2. The zero-order valence-corrected chi connectivity index (χ0v) is 10.1. The van der Waals surface area contributed by atoms with Crippen molar-refractivity contribution >= 4 is 17.5 Å². The molecule has 0 saturated heterocycles. The van der Waals surface area contributed by atoms with Gasteiger partial charge in [-0.05, 0) is 24.3 Å². The number of nitrogens with two attached hydrogens (primary N) is 1. The van der Waals surface area contributed by atoms with Crippen LogP contribution in [0.3, 0.4) is 0 Å². The van der Waals surface area contributed by atoms with Crippen molar-refractivity contribution in [2.75, 3.05) is 5.32 Å². The number of anilines is 1. The molecule has 102 valence electrons. The molecule has 0 aliphatic rings. The molecule has 0 atom stereocenters. The van der Waals surface area contributed by atoms with E-state index in [1.165, 1.54) is 12.1 Å². The molecule has 1 heterocycles. The third-order valence-electron chi connectivity index (χ3n) is 2.49. The molecule has 4 N–H and O–H groups in total. The lowest BCUT2D eigenvalue weighted by molar-refractivity contribution is 0.0993. The van der Waals surface area contributed by atoms with Gasteiger partial charge in [0, 0.05) is 12.3 Å². The van der Waals surface area contributed by atoms with Crippen molar-refractivity contribution in [1.82, 2.24) is 4.98 Å². The average Bonchev–Trinajstić information content (AvgIpc) is 2.43. The van der Waals surface area contributed by atoms with Crippen LogP contribution < -0.4 is 11.1 Å². The van der Waals surface area contributed by atoms with E-state index in [1.54, 1.807) is 0 Å². The van der Waals surface area contributed by atoms with Crippen molar-refractivity contribution in [3.8, 4) is 5.75 Å². The van der Waals surface area contributed by atoms with Crippen LogP contribution in [0.2, 0.25) is 0 Å². The molecule has 0 aliphatic carbocycles. The normalized spacial score (nSPS) is 10.1. The standard InChI is InChI=1S/C13H10FN3O3/c14-8-2-4-11(18)10(5-8)17-13(20)9-3-1-7(6-16-9)12(15)19/h1-6,18H,(H2,15,19)(H,17,20). The van der Waals surface area contributed by atoms with Crippen molar-refractivity contribution in [3.63, 3.8) is 0 Å². The minimum Gasteiger partial charge on any atom is -0.506 e. The monoisotopic (exact) mass is 275 g/mol. The molecule has 0 spiro atoms. The summed E-state index contributed by atoms with van der Waals surface area (Å²) in [6.07, 6.45) is 1.16. The Bertz CT molecular complexity index is 671. The topological polar surface area (TPSA) is 105 Å². The van der Waals surface area contributed by atoms with Crippen LogP contribution in [-0.4, -0.2) is 21.9 Å². The fourth-order valence-electron chi connectivity index (χ4n) is 1.47. The highest BCUT2D eigenvalue weighted by Crippen LogP contribution is 2.23. The molecular weight excluding hydrogens is 265 g/mol. The predicted octanol–water partition coefficient (Wildman–Crippen LogP) is 1.28. The average molecular weight is 275 g/mol. The maximum atomic E-state index is 13.0. The van der Waals surface area contributed by atoms with Crippen molar-refractivity contribution in [3.05, 3.63) is 53.6 Å². The van der Waals surface area contributed by atoms with E-state index in [2.05, 4.69) is 10.3 Å². The van der Waals surface area contributed by atoms with Gasteiger partial charge in [-0.2, -0.15) is 0 Å². The Balaban J connectivity index is 2.19. The van der Waals surface area contributed by atoms with E-state index in [-0.39, 0.29) is 22.7 Å². The van der Waals surface area contributed by atoms with Gasteiger partial charge in [-0.1, -0.05) is 0 Å². The van der Waals surface area contributed by atoms with Crippen molar-refractivity contribution < 1.29 is 19.1 Å². The Morgan fingerprint density at radius 2 is 2.00 bits per heavy atom. The number of benzene rings is 1. The second kappa shape index (κ2) is 5.35. The zero-order valence-electron chi connectivity index (χ0n) is 10.1. The quantitative estimate of drug-likeness (QED) is 0.733. The lowest BCUT2D eigenvalue weighted by atomic mass is 10.2. The number of hydrogen-bond donors (Lipinski definition) is 3. The number of primary amides is 1. The Labute approximate surface area is 113 Å². The van der Waals surface area contributed by atoms with Gasteiger partial charge in [-0.25, -0.2) is 4.39 Å². The SMILES string of the molecule is NC(=O)c1ccc(C(=O)Nc2cc(F)ccc2O)nc1. The van der Waals surface area contributed by atoms with Crippen LogP contribution in [0.5, 0.6) is 5.75 Å². The van der Waals surface area contributed by atoms with Crippen LogP contribution in [0.4, 0.5) is 10.1 Å². The molecular formula is C13H10FN3O3. The highest BCUT2D eigenvalue weighted by molar-refractivity contribution is 6.04. The van der Waals surface area contributed by atoms with Crippen molar-refractivity contribution in [2.45, 2.75) is 0 Å². The molecule has 1 aromatic heterocycles. The molecule has 2 amide bonds. The van der Waals surface area contributed by atoms with Crippen LogP contribution in [0, 0.1) is 5.82 Å². The van der Waals surface area contributed by atoms with Gasteiger partial charge in [0.05, 0.1) is 11.3 Å². The Morgan fingerprint density at radius 3 is 2.60 bits per heavy atom. The Kier molecular flexibility index (Phi) is 3.60. The third kappa shape index (κ3) is 2.89. The van der Waals surface area contributed by atoms with Crippen LogP contribution in [-0.2, 0) is 0 Å². The Hall–Kier alpha value is -2.96. The number of phenols is 1. The van der Waals surface area contributed by atoms with E-state index in [1.807, 2.05) is 0 Å². The maximum Gasteiger partial charge on any atom is 0.274 e. The van der Waals surface area contributed by atoms with Gasteiger partial charge in [0.25, 0.3) is 5.91 Å². The highest BCUT2D eigenvalue weighted by Gasteiger charge is 2.11. The molecule has 0 fully saturated rings. The van der Waals surface area contributed by atoms with Gasteiger partial charge < -0.3 is 16.2 Å². The summed E-state index contributed by atoms with van der Waals surface area (Å²) in [7, 11) is 0. The number of nitrogens with one attached hydrogen (secondary N) is 1. The first-order valence-electron chi connectivity index (χ1n) is 5.53. The smallest absolute Gasteiger partial charge is 0.274 e. The third-order valence-corrected chi connectivity index (χ3v) is 2.49. The summed E-state index contributed by atoms with van der Waals surface area (Å²) in [5.74, 6) is -2.18. The predicted molar refractivity (Wildman–Crippen MR) is 68.8 cm³/mol. The molecule has 0 bridgehead atoms. The molecule has 2 aromatic rings. The first-order valence-corrected chi connectivity index (χ1v) is 5.53. The summed E-state index contributed by atoms with van der Waals surface area (Å²) in [6, 6.07) is 5.80. The van der Waals surface area contributed by atoms with Crippen molar-refractivity contribution in [1.29, 1.82) is 0 Å². The Morgan fingerprint density at radius 1 is 1.25 bits per heavy atom.